The average molecular weight is 257 g/mol. The standard InChI is InChI=1S/C13H17F2NO2/c1-13(2,18)12(17)16(3)7-6-9-4-5-10(14)8-11(9)15/h4-5,8,18H,6-7H2,1-3H3. The second-order valence-electron chi connectivity index (χ2n) is 4.77. The van der Waals surface area contributed by atoms with Crippen molar-refractivity contribution in [1.29, 1.82) is 0 Å². The smallest absolute Gasteiger partial charge is 0.253 e. The van der Waals surface area contributed by atoms with Gasteiger partial charge in [0.2, 0.25) is 0 Å². The van der Waals surface area contributed by atoms with Gasteiger partial charge in [0.25, 0.3) is 5.91 Å². The molecule has 0 radical (unpaired) electrons. The highest BCUT2D eigenvalue weighted by atomic mass is 19.1. The molecule has 0 aliphatic carbocycles. The fraction of sp³-hybridized carbons (Fsp3) is 0.462. The van der Waals surface area contributed by atoms with Crippen LogP contribution in [0.25, 0.3) is 0 Å². The highest BCUT2D eigenvalue weighted by Gasteiger charge is 2.27. The molecule has 1 N–H and O–H groups in total. The number of hydrogen-bond donors (Lipinski definition) is 1. The van der Waals surface area contributed by atoms with Crippen LogP contribution in [0.1, 0.15) is 19.4 Å². The van der Waals surface area contributed by atoms with E-state index in [1.807, 2.05) is 0 Å². The molecule has 1 amide bonds. The van der Waals surface area contributed by atoms with E-state index in [-0.39, 0.29) is 13.0 Å². The Balaban J connectivity index is 2.63. The fourth-order valence-electron chi connectivity index (χ4n) is 1.58. The van der Waals surface area contributed by atoms with Gasteiger partial charge < -0.3 is 10.0 Å². The van der Waals surface area contributed by atoms with Crippen LogP contribution in [0.5, 0.6) is 0 Å². The number of carbonyl (C=O) groups is 1. The van der Waals surface area contributed by atoms with Crippen molar-refractivity contribution < 1.29 is 18.7 Å². The van der Waals surface area contributed by atoms with Crippen LogP contribution in [-0.2, 0) is 11.2 Å². The summed E-state index contributed by atoms with van der Waals surface area (Å²) >= 11 is 0. The third kappa shape index (κ3) is 3.77. The van der Waals surface area contributed by atoms with E-state index in [2.05, 4.69) is 0 Å². The minimum absolute atomic E-state index is 0.255. The van der Waals surface area contributed by atoms with Gasteiger partial charge in [0.05, 0.1) is 0 Å². The maximum absolute atomic E-state index is 13.3. The molecule has 1 aromatic carbocycles. The number of carbonyl (C=O) groups excluding carboxylic acids is 1. The molecule has 0 aliphatic rings. The molecule has 0 fully saturated rings. The largest absolute Gasteiger partial charge is 0.381 e. The number of aliphatic hydroxyl groups is 1. The number of benzene rings is 1. The Hall–Kier alpha value is -1.49. The van der Waals surface area contributed by atoms with Crippen molar-refractivity contribution in [2.24, 2.45) is 0 Å². The van der Waals surface area contributed by atoms with Crippen LogP contribution in [0.2, 0.25) is 0 Å². The molecule has 0 saturated heterocycles. The van der Waals surface area contributed by atoms with Crippen molar-refractivity contribution in [2.75, 3.05) is 13.6 Å². The van der Waals surface area contributed by atoms with Gasteiger partial charge >= 0.3 is 0 Å². The average Bonchev–Trinajstić information content (AvgIpc) is 2.25. The monoisotopic (exact) mass is 257 g/mol. The molecule has 3 nitrogen and oxygen atoms in total. The lowest BCUT2D eigenvalue weighted by Crippen LogP contribution is -2.43. The number of likely N-dealkylation sites (N-methyl/N-ethyl adjacent to an activating group) is 1. The minimum atomic E-state index is -1.45. The highest BCUT2D eigenvalue weighted by molar-refractivity contribution is 5.83. The van der Waals surface area contributed by atoms with E-state index in [0.29, 0.717) is 5.56 Å². The van der Waals surface area contributed by atoms with Crippen molar-refractivity contribution in [3.63, 3.8) is 0 Å². The molecule has 0 saturated carbocycles. The maximum atomic E-state index is 13.3. The molecule has 100 valence electrons. The van der Waals surface area contributed by atoms with Gasteiger partial charge in [0.15, 0.2) is 0 Å². The summed E-state index contributed by atoms with van der Waals surface area (Å²) in [6.07, 6.45) is 0.268. The molecule has 1 rings (SSSR count). The Kier molecular flexibility index (Phi) is 4.40. The summed E-state index contributed by atoms with van der Waals surface area (Å²) < 4.78 is 26.0. The summed E-state index contributed by atoms with van der Waals surface area (Å²) in [5.41, 5.74) is -1.11. The van der Waals surface area contributed by atoms with Crippen LogP contribution >= 0.6 is 0 Å². The molecule has 0 aromatic heterocycles. The molecule has 18 heavy (non-hydrogen) atoms. The number of hydrogen-bond acceptors (Lipinski definition) is 2. The highest BCUT2D eigenvalue weighted by Crippen LogP contribution is 2.12. The summed E-state index contributed by atoms with van der Waals surface area (Å²) in [6.45, 7) is 3.04. The topological polar surface area (TPSA) is 40.5 Å². The van der Waals surface area contributed by atoms with Crippen molar-refractivity contribution in [2.45, 2.75) is 25.9 Å². The zero-order valence-corrected chi connectivity index (χ0v) is 10.7. The van der Waals surface area contributed by atoms with Gasteiger partial charge in [0.1, 0.15) is 17.2 Å². The molecule has 0 heterocycles. The third-order valence-electron chi connectivity index (χ3n) is 2.60. The first kappa shape index (κ1) is 14.6. The molecule has 0 atom stereocenters. The molecule has 0 aliphatic heterocycles. The van der Waals surface area contributed by atoms with Gasteiger partial charge in [0, 0.05) is 19.7 Å². The Bertz CT molecular complexity index is 441. The number of halogens is 2. The molecular formula is C13H17F2NO2. The lowest BCUT2D eigenvalue weighted by Gasteiger charge is -2.24. The van der Waals surface area contributed by atoms with Crippen LogP contribution in [0.3, 0.4) is 0 Å². The van der Waals surface area contributed by atoms with Crippen molar-refractivity contribution >= 4 is 5.91 Å². The first-order valence-electron chi connectivity index (χ1n) is 5.63. The van der Waals surface area contributed by atoms with E-state index in [0.717, 1.165) is 6.07 Å². The second kappa shape index (κ2) is 5.44. The number of amides is 1. The predicted molar refractivity (Wildman–Crippen MR) is 64.0 cm³/mol. The van der Waals surface area contributed by atoms with E-state index in [4.69, 9.17) is 0 Å². The Morgan fingerprint density at radius 2 is 2.00 bits per heavy atom. The lowest BCUT2D eigenvalue weighted by atomic mass is 10.1. The Morgan fingerprint density at radius 3 is 2.50 bits per heavy atom. The summed E-state index contributed by atoms with van der Waals surface area (Å²) in [7, 11) is 1.53. The Labute approximate surface area is 105 Å². The molecule has 0 bridgehead atoms. The molecule has 0 unspecified atom stereocenters. The van der Waals surface area contributed by atoms with Gasteiger partial charge in [-0.2, -0.15) is 0 Å². The van der Waals surface area contributed by atoms with E-state index in [9.17, 15) is 18.7 Å². The summed E-state index contributed by atoms with van der Waals surface area (Å²) in [5, 5.41) is 9.53. The molecular weight excluding hydrogens is 240 g/mol. The molecule has 1 aromatic rings. The SMILES string of the molecule is CN(CCc1ccc(F)cc1F)C(=O)C(C)(C)O. The first-order chi connectivity index (χ1) is 8.21. The van der Waals surface area contributed by atoms with Crippen LogP contribution in [-0.4, -0.2) is 35.1 Å². The van der Waals surface area contributed by atoms with E-state index in [1.54, 1.807) is 0 Å². The van der Waals surface area contributed by atoms with Gasteiger partial charge in [-0.3, -0.25) is 4.79 Å². The number of rotatable bonds is 4. The van der Waals surface area contributed by atoms with Gasteiger partial charge in [-0.1, -0.05) is 6.07 Å². The van der Waals surface area contributed by atoms with Crippen LogP contribution in [0.15, 0.2) is 18.2 Å². The van der Waals surface area contributed by atoms with E-state index >= 15 is 0 Å². The lowest BCUT2D eigenvalue weighted by molar-refractivity contribution is -0.146. The van der Waals surface area contributed by atoms with Gasteiger partial charge in [-0.25, -0.2) is 8.78 Å². The second-order valence-corrected chi connectivity index (χ2v) is 4.77. The van der Waals surface area contributed by atoms with Gasteiger partial charge in [-0.15, -0.1) is 0 Å². The minimum Gasteiger partial charge on any atom is -0.381 e. The first-order valence-corrected chi connectivity index (χ1v) is 5.63. The normalized spacial score (nSPS) is 11.4. The van der Waals surface area contributed by atoms with Crippen LogP contribution in [0, 0.1) is 11.6 Å². The molecule has 0 spiro atoms. The zero-order valence-electron chi connectivity index (χ0n) is 10.7. The predicted octanol–water partition coefficient (Wildman–Crippen LogP) is 1.74. The van der Waals surface area contributed by atoms with Crippen LogP contribution in [0.4, 0.5) is 8.78 Å². The zero-order chi connectivity index (χ0) is 13.9. The summed E-state index contributed by atoms with van der Waals surface area (Å²) in [5.74, 6) is -1.69. The van der Waals surface area contributed by atoms with Crippen molar-refractivity contribution in [3.05, 3.63) is 35.4 Å². The fourth-order valence-corrected chi connectivity index (χ4v) is 1.58. The summed E-state index contributed by atoms with van der Waals surface area (Å²) in [4.78, 5) is 13.0. The number of nitrogens with zero attached hydrogens (tertiary/aromatic N) is 1. The molecule has 5 heteroatoms. The Morgan fingerprint density at radius 1 is 1.39 bits per heavy atom. The van der Waals surface area contributed by atoms with E-state index in [1.165, 1.54) is 37.9 Å². The summed E-state index contributed by atoms with van der Waals surface area (Å²) in [6, 6.07) is 3.34. The van der Waals surface area contributed by atoms with Crippen LogP contribution < -0.4 is 0 Å². The third-order valence-corrected chi connectivity index (χ3v) is 2.60. The maximum Gasteiger partial charge on any atom is 0.253 e. The van der Waals surface area contributed by atoms with Gasteiger partial charge in [-0.05, 0) is 31.9 Å². The van der Waals surface area contributed by atoms with Crippen molar-refractivity contribution in [3.8, 4) is 0 Å². The van der Waals surface area contributed by atoms with E-state index < -0.39 is 23.1 Å². The van der Waals surface area contributed by atoms with Crippen molar-refractivity contribution in [1.82, 2.24) is 4.90 Å². The quantitative estimate of drug-likeness (QED) is 0.892.